The van der Waals surface area contributed by atoms with Gasteiger partial charge in [0.25, 0.3) is 0 Å². The summed E-state index contributed by atoms with van der Waals surface area (Å²) in [4.78, 5) is 42.7. The second-order valence-corrected chi connectivity index (χ2v) is 8.99. The highest BCUT2D eigenvalue weighted by Gasteiger charge is 2.48. The molecule has 0 spiro atoms. The number of likely N-dealkylation sites (N-methyl/N-ethyl adjacent to an activating group) is 1. The normalized spacial score (nSPS) is 17.3. The number of anilines is 2. The summed E-state index contributed by atoms with van der Waals surface area (Å²) in [7, 11) is 1.60. The maximum absolute atomic E-state index is 14.2. The molecule has 3 aromatic rings. The third-order valence-electron chi connectivity index (χ3n) is 7.09. The molecule has 184 valence electrons. The Morgan fingerprint density at radius 1 is 1.06 bits per heavy atom. The molecule has 1 aliphatic heterocycles. The van der Waals surface area contributed by atoms with Gasteiger partial charge in [0.15, 0.2) is 0 Å². The van der Waals surface area contributed by atoms with Gasteiger partial charge in [0.1, 0.15) is 5.54 Å². The largest absolute Gasteiger partial charge is 0.368 e. The van der Waals surface area contributed by atoms with Crippen molar-refractivity contribution in [2.45, 2.75) is 32.9 Å². The van der Waals surface area contributed by atoms with Crippen LogP contribution in [0.25, 0.3) is 10.8 Å². The van der Waals surface area contributed by atoms with E-state index in [2.05, 4.69) is 11.4 Å². The molecule has 1 unspecified atom stereocenters. The Morgan fingerprint density at radius 2 is 1.69 bits per heavy atom. The Balaban J connectivity index is 0.00000342. The van der Waals surface area contributed by atoms with Crippen LogP contribution in [0.3, 0.4) is 0 Å². The number of benzene rings is 3. The molecule has 0 fully saturated rings. The minimum atomic E-state index is -1.35. The van der Waals surface area contributed by atoms with Crippen molar-refractivity contribution in [2.24, 2.45) is 11.7 Å². The van der Waals surface area contributed by atoms with Gasteiger partial charge in [-0.1, -0.05) is 48.5 Å². The summed E-state index contributed by atoms with van der Waals surface area (Å²) in [6.07, 6.45) is 0. The zero-order valence-corrected chi connectivity index (χ0v) is 21.2. The number of amides is 3. The molecule has 2 atom stereocenters. The second-order valence-electron chi connectivity index (χ2n) is 8.99. The Kier molecular flexibility index (Phi) is 7.53. The van der Waals surface area contributed by atoms with Crippen molar-refractivity contribution < 1.29 is 14.4 Å². The molecule has 0 aliphatic carbocycles. The van der Waals surface area contributed by atoms with Crippen molar-refractivity contribution >= 4 is 52.3 Å². The predicted octanol–water partition coefficient (Wildman–Crippen LogP) is 3.55. The van der Waals surface area contributed by atoms with Gasteiger partial charge < -0.3 is 20.9 Å². The average Bonchev–Trinajstić information content (AvgIpc) is 2.95. The number of para-hydroxylation sites is 2. The molecule has 0 saturated heterocycles. The highest BCUT2D eigenvalue weighted by Crippen LogP contribution is 2.38. The molecule has 1 aliphatic rings. The third kappa shape index (κ3) is 4.49. The lowest BCUT2D eigenvalue weighted by Crippen LogP contribution is -2.63. The van der Waals surface area contributed by atoms with Gasteiger partial charge in [-0.15, -0.1) is 12.4 Å². The van der Waals surface area contributed by atoms with Crippen LogP contribution in [0.4, 0.5) is 11.4 Å². The summed E-state index contributed by atoms with van der Waals surface area (Å²) in [5.74, 6) is -2.01. The van der Waals surface area contributed by atoms with Gasteiger partial charge in [-0.25, -0.2) is 0 Å². The van der Waals surface area contributed by atoms with Gasteiger partial charge in [-0.3, -0.25) is 14.4 Å². The first-order valence-corrected chi connectivity index (χ1v) is 11.3. The van der Waals surface area contributed by atoms with Crippen LogP contribution in [-0.4, -0.2) is 36.9 Å². The summed E-state index contributed by atoms with van der Waals surface area (Å²) in [5, 5.41) is 5.10. The number of hydrogen-bond donors (Lipinski definition) is 2. The van der Waals surface area contributed by atoms with Crippen LogP contribution in [0, 0.1) is 12.8 Å². The lowest BCUT2D eigenvalue weighted by molar-refractivity contribution is -0.133. The number of aryl methyl sites for hydroxylation is 1. The first kappa shape index (κ1) is 26.2. The van der Waals surface area contributed by atoms with Gasteiger partial charge in [-0.05, 0) is 54.9 Å². The van der Waals surface area contributed by atoms with Crippen LogP contribution in [0.15, 0.2) is 60.7 Å². The molecule has 0 bridgehead atoms. The number of halogens is 1. The van der Waals surface area contributed by atoms with E-state index in [4.69, 9.17) is 5.73 Å². The monoisotopic (exact) mass is 494 g/mol. The van der Waals surface area contributed by atoms with Crippen molar-refractivity contribution in [3.63, 3.8) is 0 Å². The van der Waals surface area contributed by atoms with Crippen molar-refractivity contribution in [3.8, 4) is 0 Å². The smallest absolute Gasteiger partial charge is 0.238 e. The van der Waals surface area contributed by atoms with E-state index < -0.39 is 17.4 Å². The predicted molar refractivity (Wildman–Crippen MR) is 142 cm³/mol. The third-order valence-corrected chi connectivity index (χ3v) is 7.09. The van der Waals surface area contributed by atoms with E-state index in [1.54, 1.807) is 23.8 Å². The number of rotatable bonds is 5. The van der Waals surface area contributed by atoms with E-state index in [1.165, 1.54) is 6.92 Å². The lowest BCUT2D eigenvalue weighted by atomic mass is 9.83. The van der Waals surface area contributed by atoms with Crippen LogP contribution in [-0.2, 0) is 20.9 Å². The zero-order chi connectivity index (χ0) is 24.6. The second kappa shape index (κ2) is 10.1. The molecule has 3 amide bonds. The van der Waals surface area contributed by atoms with E-state index in [9.17, 15) is 14.4 Å². The number of hydrogen-bond acceptors (Lipinski definition) is 4. The fraction of sp³-hybridized carbons (Fsp3) is 0.296. The summed E-state index contributed by atoms with van der Waals surface area (Å²) in [6.45, 7) is 5.44. The molecular formula is C27H31ClN4O3. The Labute approximate surface area is 211 Å². The molecular weight excluding hydrogens is 464 g/mol. The minimum Gasteiger partial charge on any atom is -0.368 e. The lowest BCUT2D eigenvalue weighted by Gasteiger charge is -2.36. The molecule has 35 heavy (non-hydrogen) atoms. The standard InChI is InChI=1S/C27H30N4O3.ClH/c1-17-13-14-19-9-5-6-10-20(19)21(17)15-31-24-12-8-7-11-23(24)30(18(2)32)16-22(25(31)33)27(3,29-4)26(28)34;/h5-14,22,29H,15-16H2,1-4H3,(H2,28,34);1H/t22-,27?;/m1./s1. The molecule has 0 radical (unpaired) electrons. The number of carbonyl (C=O) groups excluding carboxylic acids is 3. The Bertz CT molecular complexity index is 1290. The Hall–Kier alpha value is -3.42. The van der Waals surface area contributed by atoms with Crippen LogP contribution < -0.4 is 20.9 Å². The first-order chi connectivity index (χ1) is 16.2. The van der Waals surface area contributed by atoms with Crippen molar-refractivity contribution in [3.05, 3.63) is 71.8 Å². The highest BCUT2D eigenvalue weighted by atomic mass is 35.5. The quantitative estimate of drug-likeness (QED) is 0.567. The zero-order valence-electron chi connectivity index (χ0n) is 20.4. The van der Waals surface area contributed by atoms with Crippen LogP contribution in [0.1, 0.15) is 25.0 Å². The fourth-order valence-electron chi connectivity index (χ4n) is 4.76. The topological polar surface area (TPSA) is 95.7 Å². The minimum absolute atomic E-state index is 0. The van der Waals surface area contributed by atoms with Gasteiger partial charge in [-0.2, -0.15) is 0 Å². The summed E-state index contributed by atoms with van der Waals surface area (Å²) >= 11 is 0. The van der Waals surface area contributed by atoms with Crippen molar-refractivity contribution in [1.29, 1.82) is 0 Å². The van der Waals surface area contributed by atoms with E-state index in [0.717, 1.165) is 21.9 Å². The van der Waals surface area contributed by atoms with E-state index in [1.807, 2.05) is 61.5 Å². The van der Waals surface area contributed by atoms with Crippen molar-refractivity contribution in [1.82, 2.24) is 5.32 Å². The molecule has 7 nitrogen and oxygen atoms in total. The van der Waals surface area contributed by atoms with E-state index in [-0.39, 0.29) is 30.8 Å². The molecule has 1 heterocycles. The van der Waals surface area contributed by atoms with Crippen LogP contribution in [0.2, 0.25) is 0 Å². The first-order valence-electron chi connectivity index (χ1n) is 11.3. The molecule has 0 aromatic heterocycles. The van der Waals surface area contributed by atoms with Crippen LogP contribution in [0.5, 0.6) is 0 Å². The van der Waals surface area contributed by atoms with Gasteiger partial charge >= 0.3 is 0 Å². The maximum atomic E-state index is 14.2. The number of fused-ring (bicyclic) bond motifs is 2. The molecule has 3 N–H and O–H groups in total. The molecule has 0 saturated carbocycles. The average molecular weight is 495 g/mol. The van der Waals surface area contributed by atoms with Gasteiger partial charge in [0, 0.05) is 13.5 Å². The number of primary amides is 1. The SMILES string of the molecule is CNC(C)(C(N)=O)[C@@H]1CN(C(C)=O)c2ccccc2N(Cc2c(C)ccc3ccccc23)C1=O.Cl. The van der Waals surface area contributed by atoms with Gasteiger partial charge in [0.2, 0.25) is 17.7 Å². The maximum Gasteiger partial charge on any atom is 0.238 e. The molecule has 4 rings (SSSR count). The summed E-state index contributed by atoms with van der Waals surface area (Å²) < 4.78 is 0. The summed E-state index contributed by atoms with van der Waals surface area (Å²) in [5.41, 5.74) is 7.75. The van der Waals surface area contributed by atoms with E-state index >= 15 is 0 Å². The molecule has 8 heteroatoms. The van der Waals surface area contributed by atoms with Crippen LogP contribution >= 0.6 is 12.4 Å². The van der Waals surface area contributed by atoms with Gasteiger partial charge in [0.05, 0.1) is 23.8 Å². The Morgan fingerprint density at radius 3 is 2.31 bits per heavy atom. The number of nitrogens with zero attached hydrogens (tertiary/aromatic N) is 2. The molecule has 3 aromatic carbocycles. The summed E-state index contributed by atoms with van der Waals surface area (Å²) in [6, 6.07) is 19.5. The number of nitrogens with two attached hydrogens (primary N) is 1. The number of carbonyl (C=O) groups is 3. The number of nitrogens with one attached hydrogen (secondary N) is 1. The highest BCUT2D eigenvalue weighted by molar-refractivity contribution is 6.08. The fourth-order valence-corrected chi connectivity index (χ4v) is 4.76. The van der Waals surface area contributed by atoms with E-state index in [0.29, 0.717) is 17.9 Å². The van der Waals surface area contributed by atoms with Crippen molar-refractivity contribution in [2.75, 3.05) is 23.4 Å².